The van der Waals surface area contributed by atoms with Gasteiger partial charge < -0.3 is 5.32 Å². The molecule has 1 fully saturated rings. The summed E-state index contributed by atoms with van der Waals surface area (Å²) in [5, 5.41) is 3.51. The van der Waals surface area contributed by atoms with Gasteiger partial charge in [-0.1, -0.05) is 6.92 Å². The van der Waals surface area contributed by atoms with Crippen LogP contribution in [0.2, 0.25) is 0 Å². The van der Waals surface area contributed by atoms with Gasteiger partial charge in [-0.05, 0) is 56.4 Å². The Kier molecular flexibility index (Phi) is 3.28. The molecule has 1 aromatic carbocycles. The van der Waals surface area contributed by atoms with E-state index in [4.69, 9.17) is 0 Å². The van der Waals surface area contributed by atoms with Crippen molar-refractivity contribution in [1.82, 2.24) is 0 Å². The quantitative estimate of drug-likeness (QED) is 0.785. The van der Waals surface area contributed by atoms with Crippen molar-refractivity contribution in [3.63, 3.8) is 0 Å². The number of carbonyl (C=O) groups is 1. The average Bonchev–Trinajstić information content (AvgIpc) is 2.65. The van der Waals surface area contributed by atoms with Gasteiger partial charge in [-0.2, -0.15) is 0 Å². The summed E-state index contributed by atoms with van der Waals surface area (Å²) in [6.07, 6.45) is 4.77. The Bertz CT molecular complexity index is 369. The summed E-state index contributed by atoms with van der Waals surface area (Å²) in [5.41, 5.74) is 1.88. The monoisotopic (exact) mass is 216 g/mol. The predicted molar refractivity (Wildman–Crippen MR) is 66.6 cm³/mol. The highest BCUT2D eigenvalue weighted by Crippen LogP contribution is 2.27. The van der Waals surface area contributed by atoms with Crippen molar-refractivity contribution in [2.24, 2.45) is 5.92 Å². The van der Waals surface area contributed by atoms with E-state index in [1.54, 1.807) is 6.92 Å². The van der Waals surface area contributed by atoms with Crippen LogP contribution in [0, 0.1) is 12.3 Å². The molecule has 1 aliphatic rings. The Hall–Kier alpha value is -1.31. The molecule has 2 heteroatoms. The maximum absolute atomic E-state index is 11.1. The SMILES string of the molecule is CC(=O)c1ccc(NC2CC[CH]C2C)cc1. The van der Waals surface area contributed by atoms with E-state index < -0.39 is 0 Å². The minimum atomic E-state index is 0.120. The van der Waals surface area contributed by atoms with Crippen LogP contribution in [0.5, 0.6) is 0 Å². The largest absolute Gasteiger partial charge is 0.382 e. The third-order valence-corrected chi connectivity index (χ3v) is 3.29. The molecule has 16 heavy (non-hydrogen) atoms. The van der Waals surface area contributed by atoms with E-state index in [2.05, 4.69) is 18.7 Å². The normalized spacial score (nSPS) is 24.4. The molecule has 2 unspecified atom stereocenters. The Balaban J connectivity index is 2.02. The molecular formula is C14H18NO. The van der Waals surface area contributed by atoms with Gasteiger partial charge in [-0.3, -0.25) is 4.79 Å². The number of nitrogens with one attached hydrogen (secondary N) is 1. The lowest BCUT2D eigenvalue weighted by Crippen LogP contribution is -2.21. The number of ketones is 1. The molecule has 1 N–H and O–H groups in total. The Labute approximate surface area is 97.1 Å². The topological polar surface area (TPSA) is 29.1 Å². The second-order valence-electron chi connectivity index (χ2n) is 4.56. The molecule has 0 aromatic heterocycles. The molecule has 0 saturated heterocycles. The van der Waals surface area contributed by atoms with E-state index in [1.165, 1.54) is 12.8 Å². The molecule has 2 rings (SSSR count). The maximum Gasteiger partial charge on any atom is 0.159 e. The molecule has 85 valence electrons. The highest BCUT2D eigenvalue weighted by Gasteiger charge is 2.22. The highest BCUT2D eigenvalue weighted by molar-refractivity contribution is 5.94. The first-order valence-electron chi connectivity index (χ1n) is 5.87. The number of benzene rings is 1. The molecule has 1 aliphatic carbocycles. The molecule has 1 saturated carbocycles. The van der Waals surface area contributed by atoms with Gasteiger partial charge in [0.1, 0.15) is 0 Å². The molecule has 1 radical (unpaired) electrons. The van der Waals surface area contributed by atoms with Crippen LogP contribution in [-0.2, 0) is 0 Å². The summed E-state index contributed by atoms with van der Waals surface area (Å²) in [5.74, 6) is 0.751. The molecule has 0 amide bonds. The van der Waals surface area contributed by atoms with Crippen LogP contribution in [0.1, 0.15) is 37.0 Å². The van der Waals surface area contributed by atoms with Gasteiger partial charge >= 0.3 is 0 Å². The number of carbonyl (C=O) groups excluding carboxylic acids is 1. The lowest BCUT2D eigenvalue weighted by atomic mass is 10.1. The van der Waals surface area contributed by atoms with Crippen molar-refractivity contribution in [2.45, 2.75) is 32.7 Å². The molecular weight excluding hydrogens is 198 g/mol. The van der Waals surface area contributed by atoms with Crippen LogP contribution in [0.3, 0.4) is 0 Å². The number of hydrogen-bond donors (Lipinski definition) is 1. The van der Waals surface area contributed by atoms with Gasteiger partial charge in [0.2, 0.25) is 0 Å². The Morgan fingerprint density at radius 1 is 1.31 bits per heavy atom. The molecule has 2 atom stereocenters. The Morgan fingerprint density at radius 2 is 2.00 bits per heavy atom. The highest BCUT2D eigenvalue weighted by atomic mass is 16.1. The minimum Gasteiger partial charge on any atom is -0.382 e. The van der Waals surface area contributed by atoms with Crippen LogP contribution in [0.25, 0.3) is 0 Å². The molecule has 0 aliphatic heterocycles. The van der Waals surface area contributed by atoms with Crippen LogP contribution >= 0.6 is 0 Å². The molecule has 1 aromatic rings. The first-order valence-corrected chi connectivity index (χ1v) is 5.87. The molecule has 0 heterocycles. The number of anilines is 1. The van der Waals surface area contributed by atoms with Gasteiger partial charge in [0.05, 0.1) is 0 Å². The fourth-order valence-electron chi connectivity index (χ4n) is 2.18. The van der Waals surface area contributed by atoms with Crippen LogP contribution < -0.4 is 5.32 Å². The molecule has 0 spiro atoms. The van der Waals surface area contributed by atoms with E-state index in [-0.39, 0.29) is 5.78 Å². The first-order chi connectivity index (χ1) is 7.66. The standard InChI is InChI=1S/C14H18NO/c1-10-4-3-5-14(10)15-13-8-6-12(7-9-13)11(2)16/h4,6-10,14-15H,3,5H2,1-2H3. The second kappa shape index (κ2) is 4.69. The van der Waals surface area contributed by atoms with Crippen molar-refractivity contribution in [3.05, 3.63) is 36.2 Å². The third-order valence-electron chi connectivity index (χ3n) is 3.29. The predicted octanol–water partition coefficient (Wildman–Crippen LogP) is 3.30. The number of hydrogen-bond acceptors (Lipinski definition) is 2. The van der Waals surface area contributed by atoms with Crippen molar-refractivity contribution in [3.8, 4) is 0 Å². The summed E-state index contributed by atoms with van der Waals surface area (Å²) in [6.45, 7) is 3.84. The van der Waals surface area contributed by atoms with Crippen molar-refractivity contribution >= 4 is 11.5 Å². The minimum absolute atomic E-state index is 0.120. The van der Waals surface area contributed by atoms with E-state index in [0.29, 0.717) is 12.0 Å². The van der Waals surface area contributed by atoms with Crippen LogP contribution in [0.4, 0.5) is 5.69 Å². The van der Waals surface area contributed by atoms with Crippen molar-refractivity contribution < 1.29 is 4.79 Å². The summed E-state index contributed by atoms with van der Waals surface area (Å²) < 4.78 is 0. The zero-order valence-electron chi connectivity index (χ0n) is 9.86. The molecule has 0 bridgehead atoms. The zero-order chi connectivity index (χ0) is 11.5. The van der Waals surface area contributed by atoms with E-state index in [9.17, 15) is 4.79 Å². The lowest BCUT2D eigenvalue weighted by molar-refractivity contribution is 0.101. The fraction of sp³-hybridized carbons (Fsp3) is 0.429. The number of Topliss-reactive ketones (excluding diaryl/α,β-unsaturated/α-hetero) is 1. The van der Waals surface area contributed by atoms with E-state index >= 15 is 0 Å². The zero-order valence-corrected chi connectivity index (χ0v) is 9.86. The van der Waals surface area contributed by atoms with E-state index in [1.807, 2.05) is 24.3 Å². The maximum atomic E-state index is 11.1. The summed E-state index contributed by atoms with van der Waals surface area (Å²) in [6, 6.07) is 8.29. The fourth-order valence-corrected chi connectivity index (χ4v) is 2.18. The third kappa shape index (κ3) is 2.43. The van der Waals surface area contributed by atoms with Crippen LogP contribution in [0.15, 0.2) is 24.3 Å². The van der Waals surface area contributed by atoms with Crippen LogP contribution in [-0.4, -0.2) is 11.8 Å². The smallest absolute Gasteiger partial charge is 0.159 e. The summed E-state index contributed by atoms with van der Waals surface area (Å²) in [4.78, 5) is 11.1. The second-order valence-corrected chi connectivity index (χ2v) is 4.56. The lowest BCUT2D eigenvalue weighted by Gasteiger charge is -2.18. The van der Waals surface area contributed by atoms with Gasteiger partial charge in [-0.15, -0.1) is 0 Å². The van der Waals surface area contributed by atoms with Crippen molar-refractivity contribution in [2.75, 3.05) is 5.32 Å². The Morgan fingerprint density at radius 3 is 2.50 bits per heavy atom. The van der Waals surface area contributed by atoms with Gasteiger partial charge in [-0.25, -0.2) is 0 Å². The van der Waals surface area contributed by atoms with Gasteiger partial charge in [0.15, 0.2) is 5.78 Å². The van der Waals surface area contributed by atoms with Crippen molar-refractivity contribution in [1.29, 1.82) is 0 Å². The number of rotatable bonds is 3. The van der Waals surface area contributed by atoms with E-state index in [0.717, 1.165) is 11.3 Å². The molecule has 2 nitrogen and oxygen atoms in total. The average molecular weight is 216 g/mol. The summed E-state index contributed by atoms with van der Waals surface area (Å²) in [7, 11) is 0. The summed E-state index contributed by atoms with van der Waals surface area (Å²) >= 11 is 0. The van der Waals surface area contributed by atoms with Gasteiger partial charge in [0.25, 0.3) is 0 Å². The first kappa shape index (κ1) is 11.2. The van der Waals surface area contributed by atoms with Gasteiger partial charge in [0, 0.05) is 17.3 Å².